The van der Waals surface area contributed by atoms with Crippen molar-refractivity contribution in [2.24, 2.45) is 5.92 Å². The maximum atomic E-state index is 11.8. The number of fused-ring (bicyclic) bond motifs is 1. The van der Waals surface area contributed by atoms with E-state index in [1.807, 2.05) is 67.9 Å². The molecule has 3 rings (SSSR count). The van der Waals surface area contributed by atoms with Gasteiger partial charge in [-0.3, -0.25) is 9.20 Å². The lowest BCUT2D eigenvalue weighted by molar-refractivity contribution is -0.116. The monoisotopic (exact) mass is 308 g/mol. The van der Waals surface area contributed by atoms with Gasteiger partial charge in [-0.15, -0.1) is 0 Å². The first-order valence-corrected chi connectivity index (χ1v) is 7.74. The summed E-state index contributed by atoms with van der Waals surface area (Å²) >= 11 is 0. The van der Waals surface area contributed by atoms with Crippen LogP contribution in [-0.2, 0) is 4.79 Å². The number of anilines is 1. The predicted octanol–water partition coefficient (Wildman–Crippen LogP) is 3.69. The Hall–Kier alpha value is -2.69. The molecule has 0 unspecified atom stereocenters. The second kappa shape index (κ2) is 6.20. The van der Waals surface area contributed by atoms with E-state index in [2.05, 4.69) is 15.3 Å². The Bertz CT molecular complexity index is 834. The third-order valence-corrected chi connectivity index (χ3v) is 3.52. The van der Waals surface area contributed by atoms with Crippen LogP contribution < -0.4 is 5.32 Å². The number of amides is 1. The molecule has 1 aromatic carbocycles. The molecule has 118 valence electrons. The van der Waals surface area contributed by atoms with Gasteiger partial charge >= 0.3 is 0 Å². The number of carbonyl (C=O) groups is 1. The number of benzene rings is 1. The highest BCUT2D eigenvalue weighted by molar-refractivity contribution is 5.91. The van der Waals surface area contributed by atoms with E-state index < -0.39 is 0 Å². The summed E-state index contributed by atoms with van der Waals surface area (Å²) in [5.41, 5.74) is 3.60. The van der Waals surface area contributed by atoms with Gasteiger partial charge in [0.25, 0.3) is 0 Å². The van der Waals surface area contributed by atoms with Crippen molar-refractivity contribution in [2.75, 3.05) is 5.32 Å². The average Bonchev–Trinajstić information content (AvgIpc) is 2.90. The first-order chi connectivity index (χ1) is 11.0. The van der Waals surface area contributed by atoms with Crippen LogP contribution in [0, 0.1) is 12.8 Å². The molecule has 0 aliphatic carbocycles. The number of carbonyl (C=O) groups excluding carboxylic acids is 1. The number of rotatable bonds is 4. The van der Waals surface area contributed by atoms with Gasteiger partial charge < -0.3 is 5.32 Å². The molecule has 0 saturated heterocycles. The molecule has 2 aromatic heterocycles. The Balaban J connectivity index is 1.79. The molecule has 0 spiro atoms. The Morgan fingerprint density at radius 2 is 1.91 bits per heavy atom. The molecular formula is C18H20N4O. The summed E-state index contributed by atoms with van der Waals surface area (Å²) in [5, 5.41) is 2.91. The van der Waals surface area contributed by atoms with Crippen molar-refractivity contribution >= 4 is 17.4 Å². The van der Waals surface area contributed by atoms with Crippen molar-refractivity contribution < 1.29 is 4.79 Å². The molecule has 3 aromatic rings. The van der Waals surface area contributed by atoms with Gasteiger partial charge in [0.1, 0.15) is 0 Å². The van der Waals surface area contributed by atoms with Crippen molar-refractivity contribution in [3.63, 3.8) is 0 Å². The van der Waals surface area contributed by atoms with Crippen LogP contribution in [0.1, 0.15) is 26.0 Å². The van der Waals surface area contributed by atoms with Gasteiger partial charge in [-0.05, 0) is 31.0 Å². The molecule has 0 atom stereocenters. The van der Waals surface area contributed by atoms with Crippen LogP contribution in [0.2, 0.25) is 0 Å². The van der Waals surface area contributed by atoms with Crippen LogP contribution in [0.4, 0.5) is 5.69 Å². The van der Waals surface area contributed by atoms with Crippen molar-refractivity contribution in [1.82, 2.24) is 14.4 Å². The largest absolute Gasteiger partial charge is 0.326 e. The maximum absolute atomic E-state index is 11.8. The van der Waals surface area contributed by atoms with Crippen molar-refractivity contribution in [3.05, 3.63) is 48.4 Å². The van der Waals surface area contributed by atoms with Gasteiger partial charge in [0.05, 0.1) is 5.69 Å². The smallest absolute Gasteiger partial charge is 0.234 e. The molecule has 0 aliphatic rings. The van der Waals surface area contributed by atoms with Gasteiger partial charge in [0.15, 0.2) is 0 Å². The Kier molecular flexibility index (Phi) is 4.10. The van der Waals surface area contributed by atoms with Gasteiger partial charge in [0.2, 0.25) is 11.7 Å². The van der Waals surface area contributed by atoms with Gasteiger partial charge in [-0.25, -0.2) is 9.97 Å². The highest BCUT2D eigenvalue weighted by atomic mass is 16.1. The summed E-state index contributed by atoms with van der Waals surface area (Å²) in [6, 6.07) is 9.66. The third-order valence-electron chi connectivity index (χ3n) is 3.52. The van der Waals surface area contributed by atoms with Crippen molar-refractivity contribution in [3.8, 4) is 11.3 Å². The predicted molar refractivity (Wildman–Crippen MR) is 91.2 cm³/mol. The molecule has 0 aliphatic heterocycles. The molecular weight excluding hydrogens is 288 g/mol. The summed E-state index contributed by atoms with van der Waals surface area (Å²) < 4.78 is 1.90. The van der Waals surface area contributed by atoms with E-state index in [4.69, 9.17) is 0 Å². The molecule has 0 radical (unpaired) electrons. The van der Waals surface area contributed by atoms with E-state index in [0.29, 0.717) is 18.1 Å². The van der Waals surface area contributed by atoms with Gasteiger partial charge in [0, 0.05) is 35.8 Å². The van der Waals surface area contributed by atoms with E-state index in [9.17, 15) is 4.79 Å². The van der Waals surface area contributed by atoms with Crippen LogP contribution >= 0.6 is 0 Å². The molecule has 1 N–H and O–H groups in total. The van der Waals surface area contributed by atoms with Crippen LogP contribution in [-0.4, -0.2) is 20.3 Å². The Morgan fingerprint density at radius 3 is 2.61 bits per heavy atom. The van der Waals surface area contributed by atoms with Gasteiger partial charge in [-0.1, -0.05) is 26.0 Å². The highest BCUT2D eigenvalue weighted by Crippen LogP contribution is 2.21. The normalized spacial score (nSPS) is 11.1. The number of hydrogen-bond donors (Lipinski definition) is 1. The highest BCUT2D eigenvalue weighted by Gasteiger charge is 2.08. The van der Waals surface area contributed by atoms with Crippen LogP contribution in [0.25, 0.3) is 17.0 Å². The second-order valence-electron chi connectivity index (χ2n) is 6.13. The molecule has 0 saturated carbocycles. The molecule has 23 heavy (non-hydrogen) atoms. The topological polar surface area (TPSA) is 59.3 Å². The van der Waals surface area contributed by atoms with Crippen molar-refractivity contribution in [2.45, 2.75) is 27.2 Å². The number of nitrogens with one attached hydrogen (secondary N) is 1. The summed E-state index contributed by atoms with van der Waals surface area (Å²) in [7, 11) is 0. The molecule has 0 fully saturated rings. The lowest BCUT2D eigenvalue weighted by Gasteiger charge is -2.07. The van der Waals surface area contributed by atoms with E-state index in [1.54, 1.807) is 0 Å². The first kappa shape index (κ1) is 15.2. The molecule has 1 amide bonds. The minimum Gasteiger partial charge on any atom is -0.326 e. The fraction of sp³-hybridized carbons (Fsp3) is 0.278. The minimum atomic E-state index is 0.0418. The van der Waals surface area contributed by atoms with Gasteiger partial charge in [-0.2, -0.15) is 0 Å². The lowest BCUT2D eigenvalue weighted by Crippen LogP contribution is -2.13. The average molecular weight is 308 g/mol. The zero-order valence-electron chi connectivity index (χ0n) is 13.6. The zero-order valence-corrected chi connectivity index (χ0v) is 13.6. The van der Waals surface area contributed by atoms with E-state index in [1.165, 1.54) is 0 Å². The van der Waals surface area contributed by atoms with Crippen LogP contribution in [0.3, 0.4) is 0 Å². The number of hydrogen-bond acceptors (Lipinski definition) is 3. The number of nitrogens with zero attached hydrogens (tertiary/aromatic N) is 3. The quantitative estimate of drug-likeness (QED) is 0.799. The summed E-state index contributed by atoms with van der Waals surface area (Å²) in [5.74, 6) is 1.08. The Morgan fingerprint density at radius 1 is 1.17 bits per heavy atom. The Labute approximate surface area is 135 Å². The third kappa shape index (κ3) is 3.56. The fourth-order valence-corrected chi connectivity index (χ4v) is 2.41. The number of aryl methyl sites for hydroxylation is 1. The molecule has 5 heteroatoms. The fourth-order valence-electron chi connectivity index (χ4n) is 2.41. The maximum Gasteiger partial charge on any atom is 0.234 e. The summed E-state index contributed by atoms with van der Waals surface area (Å²) in [6.07, 6.45) is 4.43. The molecule has 2 heterocycles. The first-order valence-electron chi connectivity index (χ1n) is 7.74. The summed E-state index contributed by atoms with van der Waals surface area (Å²) in [6.45, 7) is 6.01. The van der Waals surface area contributed by atoms with Crippen LogP contribution in [0.15, 0.2) is 42.7 Å². The second-order valence-corrected chi connectivity index (χ2v) is 6.13. The van der Waals surface area contributed by atoms with E-state index >= 15 is 0 Å². The SMILES string of the molecule is Cc1ccn2cc(-c3ccc(NC(=O)CC(C)C)cc3)nc2n1. The number of imidazole rings is 1. The van der Waals surface area contributed by atoms with E-state index in [0.717, 1.165) is 22.6 Å². The van der Waals surface area contributed by atoms with E-state index in [-0.39, 0.29) is 5.91 Å². The minimum absolute atomic E-state index is 0.0418. The number of aromatic nitrogens is 3. The summed E-state index contributed by atoms with van der Waals surface area (Å²) in [4.78, 5) is 20.7. The lowest BCUT2D eigenvalue weighted by atomic mass is 10.1. The standard InChI is InChI=1S/C18H20N4O/c1-12(2)10-17(23)20-15-6-4-14(5-7-15)16-11-22-9-8-13(3)19-18(22)21-16/h4-9,11-12H,10H2,1-3H3,(H,20,23). The van der Waals surface area contributed by atoms with Crippen molar-refractivity contribution in [1.29, 1.82) is 0 Å². The van der Waals surface area contributed by atoms with Crippen LogP contribution in [0.5, 0.6) is 0 Å². The molecule has 0 bridgehead atoms. The zero-order chi connectivity index (χ0) is 16.4. The molecule has 5 nitrogen and oxygen atoms in total.